The van der Waals surface area contributed by atoms with Crippen molar-refractivity contribution in [2.45, 2.75) is 19.4 Å². The fraction of sp³-hybridized carbons (Fsp3) is 0.281. The number of carbonyl (C=O) groups is 5. The SMILES string of the molecule is CCN(CC(=O)O)CC(=O)O.CCN(CC(=O)O)CC(=O)O.O=C1OC2(c3ccc(O)cc3Oc3cc(O)ccc32)c2ccccc21. The topological polar surface area (TPSA) is 232 Å². The molecule has 0 radical (unpaired) electrons. The number of carbonyl (C=O) groups excluding carboxylic acids is 1. The van der Waals surface area contributed by atoms with E-state index in [2.05, 4.69) is 0 Å². The lowest BCUT2D eigenvalue weighted by Gasteiger charge is -2.36. The predicted octanol–water partition coefficient (Wildman–Crippen LogP) is 2.62. The van der Waals surface area contributed by atoms with Crippen molar-refractivity contribution in [3.8, 4) is 23.0 Å². The van der Waals surface area contributed by atoms with Crippen molar-refractivity contribution in [1.29, 1.82) is 0 Å². The van der Waals surface area contributed by atoms with Crippen molar-refractivity contribution in [1.82, 2.24) is 9.80 Å². The van der Waals surface area contributed by atoms with Crippen LogP contribution in [0.5, 0.6) is 23.0 Å². The van der Waals surface area contributed by atoms with Crippen LogP contribution in [0.25, 0.3) is 0 Å². The zero-order valence-corrected chi connectivity index (χ0v) is 25.5. The number of phenols is 2. The van der Waals surface area contributed by atoms with Crippen LogP contribution in [0.1, 0.15) is 40.9 Å². The molecule has 0 atom stereocenters. The minimum atomic E-state index is -1.17. The van der Waals surface area contributed by atoms with E-state index in [0.717, 1.165) is 0 Å². The molecule has 0 saturated carbocycles. The summed E-state index contributed by atoms with van der Waals surface area (Å²) in [4.78, 5) is 55.6. The number of rotatable bonds is 10. The molecule has 5 rings (SSSR count). The van der Waals surface area contributed by atoms with E-state index in [9.17, 15) is 34.2 Å². The average molecular weight is 655 g/mol. The van der Waals surface area contributed by atoms with Crippen LogP contribution in [0.15, 0.2) is 60.7 Å². The number of likely N-dealkylation sites (N-methyl/N-ethyl adjacent to an activating group) is 2. The molecule has 0 amide bonds. The maximum atomic E-state index is 12.5. The van der Waals surface area contributed by atoms with E-state index in [4.69, 9.17) is 29.9 Å². The van der Waals surface area contributed by atoms with Crippen molar-refractivity contribution in [3.63, 3.8) is 0 Å². The third-order valence-corrected chi connectivity index (χ3v) is 7.01. The van der Waals surface area contributed by atoms with Crippen LogP contribution in [0.4, 0.5) is 0 Å². The van der Waals surface area contributed by atoms with Crippen LogP contribution in [0.2, 0.25) is 0 Å². The quantitative estimate of drug-likeness (QED) is 0.173. The first-order valence-electron chi connectivity index (χ1n) is 14.2. The van der Waals surface area contributed by atoms with Gasteiger partial charge in [-0.25, -0.2) is 4.79 Å². The third-order valence-electron chi connectivity index (χ3n) is 7.01. The number of benzene rings is 3. The van der Waals surface area contributed by atoms with E-state index in [0.29, 0.717) is 46.8 Å². The molecule has 0 saturated heterocycles. The van der Waals surface area contributed by atoms with E-state index < -0.39 is 35.4 Å². The summed E-state index contributed by atoms with van der Waals surface area (Å²) in [6.07, 6.45) is 0. The second-order valence-corrected chi connectivity index (χ2v) is 10.3. The number of nitrogens with zero attached hydrogens (tertiary/aromatic N) is 2. The summed E-state index contributed by atoms with van der Waals surface area (Å²) in [5.41, 5.74) is 1.28. The predicted molar refractivity (Wildman–Crippen MR) is 163 cm³/mol. The molecule has 250 valence electrons. The second kappa shape index (κ2) is 15.6. The van der Waals surface area contributed by atoms with Crippen molar-refractivity contribution in [2.75, 3.05) is 39.3 Å². The lowest BCUT2D eigenvalue weighted by atomic mass is 9.77. The summed E-state index contributed by atoms with van der Waals surface area (Å²) >= 11 is 0. The van der Waals surface area contributed by atoms with Crippen molar-refractivity contribution < 1.29 is 64.1 Å². The fourth-order valence-electron chi connectivity index (χ4n) is 4.98. The van der Waals surface area contributed by atoms with Crippen molar-refractivity contribution in [2.24, 2.45) is 0 Å². The molecule has 0 unspecified atom stereocenters. The molecule has 47 heavy (non-hydrogen) atoms. The summed E-state index contributed by atoms with van der Waals surface area (Å²) in [7, 11) is 0. The van der Waals surface area contributed by atoms with Gasteiger partial charge in [0, 0.05) is 28.8 Å². The van der Waals surface area contributed by atoms with Gasteiger partial charge in [0.05, 0.1) is 31.7 Å². The molecule has 15 heteroatoms. The molecular weight excluding hydrogens is 620 g/mol. The lowest BCUT2D eigenvalue weighted by molar-refractivity contribution is -0.143. The average Bonchev–Trinajstić information content (AvgIpc) is 3.28. The van der Waals surface area contributed by atoms with Gasteiger partial charge in [0.2, 0.25) is 0 Å². The van der Waals surface area contributed by atoms with Gasteiger partial charge in [-0.2, -0.15) is 0 Å². The molecule has 6 N–H and O–H groups in total. The van der Waals surface area contributed by atoms with E-state index in [1.165, 1.54) is 34.1 Å². The molecule has 2 aliphatic heterocycles. The standard InChI is InChI=1S/C20H12O5.2C6H11NO4/c21-11-5-7-15-17(9-11)24-18-10-12(22)6-8-16(18)20(15)14-4-2-1-3-13(14)19(23)25-20;2*1-2-7(3-5(8)9)4-6(10)11/h1-10,21-22H;2*2-4H2,1H3,(H,8,9)(H,10,11). The lowest BCUT2D eigenvalue weighted by Crippen LogP contribution is -2.34. The maximum Gasteiger partial charge on any atom is 0.340 e. The number of carboxylic acid groups (broad SMARTS) is 4. The fourth-order valence-corrected chi connectivity index (χ4v) is 4.98. The summed E-state index contributed by atoms with van der Waals surface area (Å²) in [5.74, 6) is -3.62. The highest BCUT2D eigenvalue weighted by molar-refractivity contribution is 5.97. The van der Waals surface area contributed by atoms with Crippen molar-refractivity contribution in [3.05, 3.63) is 82.9 Å². The normalized spacial score (nSPS) is 13.1. The molecule has 2 aliphatic rings. The first-order valence-corrected chi connectivity index (χ1v) is 14.2. The van der Waals surface area contributed by atoms with Crippen LogP contribution < -0.4 is 4.74 Å². The van der Waals surface area contributed by atoms with Crippen LogP contribution in [-0.4, -0.2) is 110 Å². The number of fused-ring (bicyclic) bond motifs is 6. The molecule has 0 bridgehead atoms. The molecule has 0 aliphatic carbocycles. The number of hydrogen-bond donors (Lipinski definition) is 6. The van der Waals surface area contributed by atoms with Gasteiger partial charge in [-0.15, -0.1) is 0 Å². The first kappa shape index (κ1) is 35.8. The molecule has 3 aromatic carbocycles. The second-order valence-electron chi connectivity index (χ2n) is 10.3. The van der Waals surface area contributed by atoms with E-state index in [1.807, 2.05) is 12.1 Å². The van der Waals surface area contributed by atoms with E-state index in [1.54, 1.807) is 38.1 Å². The highest BCUT2D eigenvalue weighted by atomic mass is 16.6. The summed E-state index contributed by atoms with van der Waals surface area (Å²) < 4.78 is 11.8. The number of phenolic OH excluding ortho intramolecular Hbond substituents is 2. The molecule has 0 fully saturated rings. The maximum absolute atomic E-state index is 12.5. The monoisotopic (exact) mass is 654 g/mol. The van der Waals surface area contributed by atoms with Crippen LogP contribution in [-0.2, 0) is 29.5 Å². The van der Waals surface area contributed by atoms with Gasteiger partial charge in [-0.1, -0.05) is 32.0 Å². The Morgan fingerprint density at radius 1 is 0.638 bits per heavy atom. The Kier molecular flexibility index (Phi) is 11.8. The largest absolute Gasteiger partial charge is 0.508 e. The minimum Gasteiger partial charge on any atom is -0.508 e. The molecule has 15 nitrogen and oxygen atoms in total. The van der Waals surface area contributed by atoms with E-state index >= 15 is 0 Å². The van der Waals surface area contributed by atoms with Crippen LogP contribution >= 0.6 is 0 Å². The first-order chi connectivity index (χ1) is 22.2. The Morgan fingerprint density at radius 3 is 1.43 bits per heavy atom. The van der Waals surface area contributed by atoms with Gasteiger partial charge in [0.25, 0.3) is 0 Å². The number of ether oxygens (including phenoxy) is 2. The Bertz CT molecular complexity index is 1540. The zero-order chi connectivity index (χ0) is 34.9. The van der Waals surface area contributed by atoms with E-state index in [-0.39, 0.29) is 37.7 Å². The third kappa shape index (κ3) is 8.74. The summed E-state index contributed by atoms with van der Waals surface area (Å²) in [6, 6.07) is 16.6. The number of aromatic hydroxyl groups is 2. The van der Waals surface area contributed by atoms with Crippen molar-refractivity contribution >= 4 is 29.8 Å². The van der Waals surface area contributed by atoms with Gasteiger partial charge >= 0.3 is 29.8 Å². The highest BCUT2D eigenvalue weighted by Gasteiger charge is 2.53. The highest BCUT2D eigenvalue weighted by Crippen LogP contribution is 2.56. The van der Waals surface area contributed by atoms with Crippen LogP contribution in [0.3, 0.4) is 0 Å². The molecule has 3 aromatic rings. The van der Waals surface area contributed by atoms with Crippen LogP contribution in [0, 0.1) is 0 Å². The number of hydrogen-bond acceptors (Lipinski definition) is 11. The number of esters is 1. The number of aliphatic carboxylic acids is 4. The smallest absolute Gasteiger partial charge is 0.340 e. The molecule has 1 spiro atoms. The van der Waals surface area contributed by atoms with Gasteiger partial charge in [0.15, 0.2) is 5.60 Å². The van der Waals surface area contributed by atoms with Gasteiger partial charge in [0.1, 0.15) is 23.0 Å². The van der Waals surface area contributed by atoms with Gasteiger partial charge in [-0.3, -0.25) is 29.0 Å². The minimum absolute atomic E-state index is 0.0371. The molecule has 0 aromatic heterocycles. The number of carboxylic acids is 4. The Balaban J connectivity index is 0.000000230. The molecule has 2 heterocycles. The zero-order valence-electron chi connectivity index (χ0n) is 25.5. The Morgan fingerprint density at radius 2 is 1.04 bits per heavy atom. The van der Waals surface area contributed by atoms with Gasteiger partial charge < -0.3 is 40.1 Å². The Hall–Kier alpha value is -5.67. The Labute approximate surface area is 268 Å². The summed E-state index contributed by atoms with van der Waals surface area (Å²) in [5, 5.41) is 52.8. The van der Waals surface area contributed by atoms with Gasteiger partial charge in [-0.05, 0) is 43.4 Å². The molecular formula is C32H34N2O13. The summed E-state index contributed by atoms with van der Waals surface area (Å²) in [6.45, 7) is 3.41.